The number of rotatable bonds is 9. The van der Waals surface area contributed by atoms with Crippen molar-refractivity contribution in [2.75, 3.05) is 19.8 Å². The van der Waals surface area contributed by atoms with Crippen molar-refractivity contribution in [2.24, 2.45) is 0 Å². The molecule has 0 aromatic carbocycles. The van der Waals surface area contributed by atoms with E-state index in [4.69, 9.17) is 0 Å². The minimum Gasteiger partial charge on any atom is -0.854 e. The van der Waals surface area contributed by atoms with Crippen LogP contribution in [-0.2, 0) is 0 Å². The second kappa shape index (κ2) is 36.3. The third-order valence-corrected chi connectivity index (χ3v) is 2.24. The molecule has 0 saturated heterocycles. The van der Waals surface area contributed by atoms with Gasteiger partial charge in [-0.3, -0.25) is 0 Å². The molecule has 0 aliphatic carbocycles. The van der Waals surface area contributed by atoms with Gasteiger partial charge in [0, 0.05) is 0 Å². The molecule has 19 heavy (non-hydrogen) atoms. The molecule has 0 atom stereocenters. The Balaban J connectivity index is -0.0000000865. The Morgan fingerprint density at radius 3 is 0.737 bits per heavy atom. The van der Waals surface area contributed by atoms with Crippen LogP contribution in [0.3, 0.4) is 0 Å². The number of hydrogen-bond acceptors (Lipinski definition) is 3. The second-order valence-electron chi connectivity index (χ2n) is 4.23. The van der Waals surface area contributed by atoms with Crippen molar-refractivity contribution in [1.82, 2.24) is 0 Å². The van der Waals surface area contributed by atoms with E-state index in [9.17, 15) is 15.3 Å². The van der Waals surface area contributed by atoms with Crippen LogP contribution in [0.25, 0.3) is 0 Å². The minimum absolute atomic E-state index is 0. The van der Waals surface area contributed by atoms with Gasteiger partial charge in [-0.2, -0.15) is 0 Å². The fourth-order valence-corrected chi connectivity index (χ4v) is 1.06. The third-order valence-electron chi connectivity index (χ3n) is 2.24. The zero-order valence-electron chi connectivity index (χ0n) is 13.2. The molecule has 4 heteroatoms. The summed E-state index contributed by atoms with van der Waals surface area (Å²) in [6.07, 6.45) is 9.34. The van der Waals surface area contributed by atoms with Crippen molar-refractivity contribution < 1.29 is 15.3 Å². The quantitative estimate of drug-likeness (QED) is 0.444. The van der Waals surface area contributed by atoms with Crippen LogP contribution in [0.4, 0.5) is 0 Å². The summed E-state index contributed by atoms with van der Waals surface area (Å²) in [6, 6.07) is 0. The van der Waals surface area contributed by atoms with Gasteiger partial charge in [0.1, 0.15) is 0 Å². The molecule has 0 heterocycles. The Bertz CT molecular complexity index is 72.4. The molecular formula is C15H33O3Sb. The first kappa shape index (κ1) is 27.9. The molecule has 0 aromatic heterocycles. The maximum atomic E-state index is 9.69. The smallest absolute Gasteiger partial charge is 0.854 e. The average Bonchev–Trinajstić information content (AvgIpc) is 2.42. The Hall–Kier alpha value is 0.698. The van der Waals surface area contributed by atoms with Crippen LogP contribution >= 0.6 is 0 Å². The zero-order valence-corrected chi connectivity index (χ0v) is 15.7. The van der Waals surface area contributed by atoms with Crippen LogP contribution in [0.2, 0.25) is 0 Å². The van der Waals surface area contributed by atoms with Crippen LogP contribution in [0.1, 0.15) is 78.6 Å². The molecule has 0 rings (SSSR count). The molecule has 0 fully saturated rings. The van der Waals surface area contributed by atoms with E-state index in [0.29, 0.717) is 0 Å². The molecule has 0 aromatic rings. The molecule has 116 valence electrons. The van der Waals surface area contributed by atoms with E-state index in [2.05, 4.69) is 20.8 Å². The SMILES string of the molecule is CCCCC[O-].CCCCC[O-].CCCCC[O-].[Sb+3]. The number of hydrogen-bond donors (Lipinski definition) is 0. The predicted molar refractivity (Wildman–Crippen MR) is 78.9 cm³/mol. The predicted octanol–water partition coefficient (Wildman–Crippen LogP) is 1.23. The molecule has 2 radical (unpaired) electrons. The summed E-state index contributed by atoms with van der Waals surface area (Å²) in [5, 5.41) is 29.1. The number of unbranched alkanes of at least 4 members (excludes halogenated alkanes) is 6. The van der Waals surface area contributed by atoms with E-state index in [-0.39, 0.29) is 44.2 Å². The topological polar surface area (TPSA) is 69.2 Å². The van der Waals surface area contributed by atoms with Gasteiger partial charge in [0.15, 0.2) is 0 Å². The summed E-state index contributed by atoms with van der Waals surface area (Å²) in [6.45, 7) is 6.59. The van der Waals surface area contributed by atoms with E-state index in [1.807, 2.05) is 0 Å². The van der Waals surface area contributed by atoms with Crippen molar-refractivity contribution in [1.29, 1.82) is 0 Å². The van der Waals surface area contributed by atoms with Gasteiger partial charge in [-0.05, 0) is 0 Å². The van der Waals surface area contributed by atoms with Crippen LogP contribution in [0, 0.1) is 0 Å². The van der Waals surface area contributed by atoms with E-state index in [1.54, 1.807) is 0 Å². The van der Waals surface area contributed by atoms with Crippen molar-refractivity contribution in [3.05, 3.63) is 0 Å². The molecule has 0 aliphatic heterocycles. The van der Waals surface area contributed by atoms with Gasteiger partial charge in [0.25, 0.3) is 0 Å². The minimum atomic E-state index is 0. The molecule has 0 unspecified atom stereocenters. The second-order valence-corrected chi connectivity index (χ2v) is 4.23. The first-order valence-electron chi connectivity index (χ1n) is 7.49. The summed E-state index contributed by atoms with van der Waals surface area (Å²) < 4.78 is 0. The molecule has 0 bridgehead atoms. The van der Waals surface area contributed by atoms with Crippen molar-refractivity contribution in [3.8, 4) is 0 Å². The van der Waals surface area contributed by atoms with Crippen LogP contribution in [0.15, 0.2) is 0 Å². The largest absolute Gasteiger partial charge is 3.00 e. The molecular weight excluding hydrogens is 350 g/mol. The van der Waals surface area contributed by atoms with E-state index < -0.39 is 0 Å². The molecule has 0 spiro atoms. The van der Waals surface area contributed by atoms with Crippen molar-refractivity contribution in [2.45, 2.75) is 78.6 Å². The van der Waals surface area contributed by atoms with Gasteiger partial charge in [0.05, 0.1) is 0 Å². The molecule has 3 nitrogen and oxygen atoms in total. The van der Waals surface area contributed by atoms with Crippen molar-refractivity contribution >= 4 is 24.4 Å². The molecule has 0 aliphatic rings. The average molecular weight is 383 g/mol. The van der Waals surface area contributed by atoms with E-state index in [0.717, 1.165) is 57.8 Å². The third kappa shape index (κ3) is 55.4. The molecule has 0 saturated carbocycles. The Morgan fingerprint density at radius 2 is 0.684 bits per heavy atom. The monoisotopic (exact) mass is 382 g/mol. The zero-order chi connectivity index (χ0) is 14.5. The summed E-state index contributed by atoms with van der Waals surface area (Å²) in [5.41, 5.74) is 0. The first-order valence-corrected chi connectivity index (χ1v) is 7.49. The van der Waals surface area contributed by atoms with Crippen LogP contribution in [0.5, 0.6) is 0 Å². The standard InChI is InChI=1S/3C5H11O.Sb/c3*1-2-3-4-5-6;/h3*2-5H2,1H3;/q3*-1;+3. The van der Waals surface area contributed by atoms with Gasteiger partial charge < -0.3 is 15.3 Å². The Morgan fingerprint density at radius 1 is 0.474 bits per heavy atom. The van der Waals surface area contributed by atoms with E-state index in [1.165, 1.54) is 0 Å². The van der Waals surface area contributed by atoms with Crippen LogP contribution in [-0.4, -0.2) is 44.2 Å². The van der Waals surface area contributed by atoms with Crippen molar-refractivity contribution in [3.63, 3.8) is 0 Å². The van der Waals surface area contributed by atoms with Gasteiger partial charge in [-0.1, -0.05) is 78.6 Å². The van der Waals surface area contributed by atoms with Gasteiger partial charge in [-0.25, -0.2) is 0 Å². The summed E-state index contributed by atoms with van der Waals surface area (Å²) >= 11 is 0. The van der Waals surface area contributed by atoms with Gasteiger partial charge in [0.2, 0.25) is 0 Å². The van der Waals surface area contributed by atoms with Crippen LogP contribution < -0.4 is 15.3 Å². The van der Waals surface area contributed by atoms with Gasteiger partial charge in [-0.15, -0.1) is 19.8 Å². The first-order chi connectivity index (χ1) is 8.74. The van der Waals surface area contributed by atoms with Gasteiger partial charge >= 0.3 is 24.4 Å². The molecule has 0 N–H and O–H groups in total. The Labute approximate surface area is 138 Å². The maximum Gasteiger partial charge on any atom is 3.00 e. The van der Waals surface area contributed by atoms with E-state index >= 15 is 0 Å². The summed E-state index contributed by atoms with van der Waals surface area (Å²) in [7, 11) is 0. The summed E-state index contributed by atoms with van der Waals surface area (Å²) in [5.74, 6) is 0. The summed E-state index contributed by atoms with van der Waals surface area (Å²) in [4.78, 5) is 0. The Kier molecular flexibility index (Phi) is 53.4. The normalized spacial score (nSPS) is 8.53. The maximum absolute atomic E-state index is 9.69. The fourth-order valence-electron chi connectivity index (χ4n) is 1.06. The fraction of sp³-hybridized carbons (Fsp3) is 1.00. The molecule has 0 amide bonds.